The lowest BCUT2D eigenvalue weighted by Gasteiger charge is -2.02. The number of aromatic amines is 1. The average molecular weight is 371 g/mol. The number of benzene rings is 2. The van der Waals surface area contributed by atoms with Crippen molar-refractivity contribution in [3.8, 4) is 11.6 Å². The maximum atomic E-state index is 11.2. The maximum absolute atomic E-state index is 11.2. The van der Waals surface area contributed by atoms with E-state index in [1.165, 1.54) is 0 Å². The Kier molecular flexibility index (Phi) is 3.02. The van der Waals surface area contributed by atoms with Crippen molar-refractivity contribution in [2.24, 2.45) is 4.99 Å². The molecule has 2 heterocycles. The van der Waals surface area contributed by atoms with E-state index in [-0.39, 0.29) is 5.88 Å². The van der Waals surface area contributed by atoms with Crippen LogP contribution in [0.25, 0.3) is 16.5 Å². The topological polar surface area (TPSA) is 74.7 Å². The number of fused-ring (bicyclic) bond motifs is 2. The predicted octanol–water partition coefficient (Wildman–Crippen LogP) is 2.99. The number of halogens is 1. The van der Waals surface area contributed by atoms with E-state index in [1.54, 1.807) is 12.1 Å². The fraction of sp³-hybridized carbons (Fsp3) is 0.0588. The van der Waals surface area contributed by atoms with Crippen molar-refractivity contribution in [1.29, 1.82) is 0 Å². The van der Waals surface area contributed by atoms with Crippen LogP contribution in [0, 0.1) is 0 Å². The third-order valence-electron chi connectivity index (χ3n) is 3.92. The van der Waals surface area contributed by atoms with E-state index in [0.717, 1.165) is 31.7 Å². The Morgan fingerprint density at radius 2 is 2.09 bits per heavy atom. The van der Waals surface area contributed by atoms with E-state index in [4.69, 9.17) is 4.74 Å². The largest absolute Gasteiger partial charge is 0.494 e. The Balaban J connectivity index is 2.00. The normalized spacial score (nSPS) is 14.4. The standard InChI is InChI=1S/C17H11BrN2O3/c1-8(9-2-4-13-14(6-9)23-17(22)20-13)15-11-7-10(18)3-5-12(11)19-16(15)21/h2-7,19,21H,1H3/b9-8+. The molecule has 0 unspecified atom stereocenters. The van der Waals surface area contributed by atoms with Gasteiger partial charge in [-0.05, 0) is 48.0 Å². The number of nitrogens with one attached hydrogen (secondary N) is 1. The Labute approximate surface area is 139 Å². The number of ether oxygens (including phenoxy) is 1. The zero-order valence-corrected chi connectivity index (χ0v) is 13.6. The molecular formula is C17H11BrN2O3. The molecule has 0 saturated carbocycles. The van der Waals surface area contributed by atoms with Crippen LogP contribution < -0.4 is 15.3 Å². The highest BCUT2D eigenvalue weighted by Gasteiger charge is 2.16. The van der Waals surface area contributed by atoms with Gasteiger partial charge in [-0.25, -0.2) is 4.79 Å². The second-order valence-corrected chi connectivity index (χ2v) is 6.24. The molecule has 2 N–H and O–H groups in total. The summed E-state index contributed by atoms with van der Waals surface area (Å²) >= 11 is 3.45. The minimum atomic E-state index is -0.603. The van der Waals surface area contributed by atoms with Crippen LogP contribution in [0.15, 0.2) is 45.9 Å². The number of rotatable bonds is 1. The zero-order chi connectivity index (χ0) is 16.1. The van der Waals surface area contributed by atoms with E-state index in [1.807, 2.05) is 31.2 Å². The van der Waals surface area contributed by atoms with Crippen molar-refractivity contribution in [2.75, 3.05) is 0 Å². The summed E-state index contributed by atoms with van der Waals surface area (Å²) in [4.78, 5) is 18.0. The molecule has 0 bridgehead atoms. The fourth-order valence-corrected chi connectivity index (χ4v) is 3.17. The summed E-state index contributed by atoms with van der Waals surface area (Å²) in [5.41, 5.74) is 2.45. The number of hydrogen-bond donors (Lipinski definition) is 2. The lowest BCUT2D eigenvalue weighted by molar-refractivity contribution is 0.215. The molecule has 23 heavy (non-hydrogen) atoms. The second kappa shape index (κ2) is 4.96. The van der Waals surface area contributed by atoms with Crippen molar-refractivity contribution in [1.82, 2.24) is 4.98 Å². The van der Waals surface area contributed by atoms with Gasteiger partial charge in [-0.2, -0.15) is 4.99 Å². The summed E-state index contributed by atoms with van der Waals surface area (Å²) in [7, 11) is 0. The highest BCUT2D eigenvalue weighted by Crippen LogP contribution is 2.33. The van der Waals surface area contributed by atoms with E-state index >= 15 is 0 Å². The monoisotopic (exact) mass is 370 g/mol. The van der Waals surface area contributed by atoms with Crippen molar-refractivity contribution < 1.29 is 14.6 Å². The molecule has 1 aliphatic rings. The number of amides is 1. The summed E-state index contributed by atoms with van der Waals surface area (Å²) < 4.78 is 5.99. The molecule has 6 heteroatoms. The van der Waals surface area contributed by atoms with Gasteiger partial charge in [0, 0.05) is 20.9 Å². The SMILES string of the molecule is C/C(c1c(O)[nH]c2ccc(Br)cc12)=c1/ccc2c(c1)OC(=O)N=2. The number of carbonyl (C=O) groups is 1. The molecule has 2 aromatic carbocycles. The molecule has 0 atom stereocenters. The summed E-state index contributed by atoms with van der Waals surface area (Å²) in [5.74, 6) is 0.546. The molecule has 0 spiro atoms. The Morgan fingerprint density at radius 3 is 2.91 bits per heavy atom. The lowest BCUT2D eigenvalue weighted by atomic mass is 10.0. The van der Waals surface area contributed by atoms with Gasteiger partial charge in [0.1, 0.15) is 5.36 Å². The van der Waals surface area contributed by atoms with Crippen LogP contribution in [-0.4, -0.2) is 16.2 Å². The molecule has 5 nitrogen and oxygen atoms in total. The molecule has 1 aromatic heterocycles. The van der Waals surface area contributed by atoms with Gasteiger partial charge in [-0.1, -0.05) is 22.0 Å². The first kappa shape index (κ1) is 14.0. The van der Waals surface area contributed by atoms with Gasteiger partial charge in [-0.3, -0.25) is 0 Å². The number of nitrogens with zero attached hydrogens (tertiary/aromatic N) is 1. The number of hydrogen-bond acceptors (Lipinski definition) is 3. The first-order valence-corrected chi connectivity index (χ1v) is 7.74. The quantitative estimate of drug-likeness (QED) is 0.691. The molecule has 4 rings (SSSR count). The summed E-state index contributed by atoms with van der Waals surface area (Å²) in [5, 5.41) is 12.6. The van der Waals surface area contributed by atoms with Gasteiger partial charge in [0.05, 0.1) is 0 Å². The first-order chi connectivity index (χ1) is 11.0. The van der Waals surface area contributed by atoms with Gasteiger partial charge in [0.2, 0.25) is 0 Å². The Morgan fingerprint density at radius 1 is 1.26 bits per heavy atom. The molecular weight excluding hydrogens is 360 g/mol. The van der Waals surface area contributed by atoms with Crippen LogP contribution in [0.1, 0.15) is 12.5 Å². The van der Waals surface area contributed by atoms with E-state index in [2.05, 4.69) is 25.9 Å². The van der Waals surface area contributed by atoms with Crippen molar-refractivity contribution in [3.05, 3.63) is 57.0 Å². The number of carbonyl (C=O) groups excluding carboxylic acids is 1. The summed E-state index contributed by atoms with van der Waals surface area (Å²) in [6.07, 6.45) is -0.603. The van der Waals surface area contributed by atoms with Crippen LogP contribution in [0.4, 0.5) is 4.79 Å². The van der Waals surface area contributed by atoms with Gasteiger partial charge < -0.3 is 14.8 Å². The second-order valence-electron chi connectivity index (χ2n) is 5.33. The van der Waals surface area contributed by atoms with Crippen molar-refractivity contribution in [2.45, 2.75) is 6.92 Å². The molecule has 3 aromatic rings. The number of H-pyrrole nitrogens is 1. The van der Waals surface area contributed by atoms with E-state index < -0.39 is 6.09 Å². The predicted molar refractivity (Wildman–Crippen MR) is 89.1 cm³/mol. The third-order valence-corrected chi connectivity index (χ3v) is 4.41. The van der Waals surface area contributed by atoms with E-state index in [0.29, 0.717) is 11.1 Å². The third kappa shape index (κ3) is 2.22. The van der Waals surface area contributed by atoms with E-state index in [9.17, 15) is 9.90 Å². The van der Waals surface area contributed by atoms with Gasteiger partial charge >= 0.3 is 6.09 Å². The smallest absolute Gasteiger partial charge is 0.439 e. The summed E-state index contributed by atoms with van der Waals surface area (Å²) in [6, 6.07) is 11.1. The number of aromatic nitrogens is 1. The highest BCUT2D eigenvalue weighted by atomic mass is 79.9. The maximum Gasteiger partial charge on any atom is 0.439 e. The number of aromatic hydroxyl groups is 1. The minimum Gasteiger partial charge on any atom is -0.494 e. The van der Waals surface area contributed by atoms with Gasteiger partial charge in [0.15, 0.2) is 11.6 Å². The highest BCUT2D eigenvalue weighted by molar-refractivity contribution is 9.10. The summed E-state index contributed by atoms with van der Waals surface area (Å²) in [6.45, 7) is 1.92. The first-order valence-electron chi connectivity index (χ1n) is 6.95. The van der Waals surface area contributed by atoms with Crippen LogP contribution in [0.3, 0.4) is 0 Å². The molecule has 0 radical (unpaired) electrons. The molecule has 0 fully saturated rings. The van der Waals surface area contributed by atoms with Crippen molar-refractivity contribution >= 4 is 38.5 Å². The zero-order valence-electron chi connectivity index (χ0n) is 12.1. The lowest BCUT2D eigenvalue weighted by Crippen LogP contribution is -2.10. The molecule has 114 valence electrons. The molecule has 1 amide bonds. The Bertz CT molecular complexity index is 1100. The fourth-order valence-electron chi connectivity index (χ4n) is 2.81. The Hall–Kier alpha value is -2.60. The average Bonchev–Trinajstić information content (AvgIpc) is 3.03. The molecule has 0 saturated heterocycles. The van der Waals surface area contributed by atoms with Crippen LogP contribution >= 0.6 is 15.9 Å². The minimum absolute atomic E-state index is 0.109. The van der Waals surface area contributed by atoms with Crippen LogP contribution in [-0.2, 0) is 0 Å². The van der Waals surface area contributed by atoms with Crippen LogP contribution in [0.2, 0.25) is 0 Å². The van der Waals surface area contributed by atoms with Gasteiger partial charge in [-0.15, -0.1) is 0 Å². The van der Waals surface area contributed by atoms with Gasteiger partial charge in [0.25, 0.3) is 0 Å². The van der Waals surface area contributed by atoms with Crippen molar-refractivity contribution in [3.63, 3.8) is 0 Å². The molecule has 0 aliphatic carbocycles. The van der Waals surface area contributed by atoms with Crippen LogP contribution in [0.5, 0.6) is 11.6 Å². The molecule has 1 aliphatic heterocycles.